The molecule has 2 aromatic heterocycles. The second-order valence-electron chi connectivity index (χ2n) is 6.91. The van der Waals surface area contributed by atoms with Gasteiger partial charge in [-0.15, -0.1) is 10.2 Å². The zero-order valence-corrected chi connectivity index (χ0v) is 14.9. The molecule has 0 unspecified atom stereocenters. The molecule has 2 aromatic rings. The van der Waals surface area contributed by atoms with E-state index in [2.05, 4.69) is 39.2 Å². The third kappa shape index (κ3) is 4.53. The molecule has 1 N–H and O–H groups in total. The molecule has 6 nitrogen and oxygen atoms in total. The molecule has 1 aliphatic heterocycles. The first-order valence-electron chi connectivity index (χ1n) is 8.90. The Bertz CT molecular complexity index is 679. The third-order valence-electron chi connectivity index (χ3n) is 4.50. The maximum Gasteiger partial charge on any atom is 0.223 e. The molecule has 0 atom stereocenters. The van der Waals surface area contributed by atoms with Gasteiger partial charge in [-0.05, 0) is 43.0 Å². The molecule has 0 spiro atoms. The number of rotatable bonds is 5. The van der Waals surface area contributed by atoms with E-state index >= 15 is 0 Å². The van der Waals surface area contributed by atoms with Crippen molar-refractivity contribution in [1.82, 2.24) is 20.5 Å². The predicted octanol–water partition coefficient (Wildman–Crippen LogP) is 2.53. The quantitative estimate of drug-likeness (QED) is 0.906. The van der Waals surface area contributed by atoms with Crippen molar-refractivity contribution in [3.8, 4) is 11.3 Å². The summed E-state index contributed by atoms with van der Waals surface area (Å²) >= 11 is 0. The average Bonchev–Trinajstić information content (AvgIpc) is 2.67. The van der Waals surface area contributed by atoms with E-state index in [1.165, 1.54) is 0 Å². The smallest absolute Gasteiger partial charge is 0.223 e. The van der Waals surface area contributed by atoms with Gasteiger partial charge in [0, 0.05) is 43.5 Å². The standard InChI is InChI=1S/C19H25N5O/c1-14(2)13-21-19(25)16-7-11-24(12-8-16)18-4-3-17(22-23-18)15-5-9-20-10-6-15/h3-6,9-10,14,16H,7-8,11-13H2,1-2H3,(H,21,25). The van der Waals surface area contributed by atoms with E-state index in [4.69, 9.17) is 0 Å². The molecule has 0 aromatic carbocycles. The lowest BCUT2D eigenvalue weighted by Gasteiger charge is -2.32. The predicted molar refractivity (Wildman–Crippen MR) is 98.0 cm³/mol. The van der Waals surface area contributed by atoms with Gasteiger partial charge in [-0.3, -0.25) is 9.78 Å². The fraction of sp³-hybridized carbons (Fsp3) is 0.474. The fourth-order valence-corrected chi connectivity index (χ4v) is 2.99. The number of hydrogen-bond acceptors (Lipinski definition) is 5. The van der Waals surface area contributed by atoms with E-state index in [9.17, 15) is 4.79 Å². The van der Waals surface area contributed by atoms with Crippen LogP contribution < -0.4 is 10.2 Å². The van der Waals surface area contributed by atoms with Crippen molar-refractivity contribution in [2.75, 3.05) is 24.5 Å². The van der Waals surface area contributed by atoms with Gasteiger partial charge in [-0.1, -0.05) is 13.8 Å². The maximum absolute atomic E-state index is 12.2. The second-order valence-corrected chi connectivity index (χ2v) is 6.91. The first kappa shape index (κ1) is 17.3. The minimum Gasteiger partial charge on any atom is -0.356 e. The molecule has 1 aliphatic rings. The highest BCUT2D eigenvalue weighted by molar-refractivity contribution is 5.79. The molecule has 1 fully saturated rings. The highest BCUT2D eigenvalue weighted by atomic mass is 16.1. The highest BCUT2D eigenvalue weighted by Crippen LogP contribution is 2.23. The largest absolute Gasteiger partial charge is 0.356 e. The van der Waals surface area contributed by atoms with Crippen molar-refractivity contribution in [3.05, 3.63) is 36.7 Å². The molecule has 0 bridgehead atoms. The summed E-state index contributed by atoms with van der Waals surface area (Å²) in [5.41, 5.74) is 1.85. The first-order chi connectivity index (χ1) is 12.1. The van der Waals surface area contributed by atoms with E-state index in [1.807, 2.05) is 24.3 Å². The number of nitrogens with zero attached hydrogens (tertiary/aromatic N) is 4. The van der Waals surface area contributed by atoms with E-state index < -0.39 is 0 Å². The van der Waals surface area contributed by atoms with Gasteiger partial charge in [0.15, 0.2) is 5.82 Å². The van der Waals surface area contributed by atoms with Gasteiger partial charge >= 0.3 is 0 Å². The third-order valence-corrected chi connectivity index (χ3v) is 4.50. The van der Waals surface area contributed by atoms with Crippen LogP contribution in [-0.2, 0) is 4.79 Å². The Balaban J connectivity index is 1.55. The number of pyridine rings is 1. The van der Waals surface area contributed by atoms with Gasteiger partial charge in [0.1, 0.15) is 0 Å². The number of piperidine rings is 1. The normalized spacial score (nSPS) is 15.4. The van der Waals surface area contributed by atoms with Crippen LogP contribution in [0, 0.1) is 11.8 Å². The van der Waals surface area contributed by atoms with E-state index in [0.717, 1.165) is 49.6 Å². The first-order valence-corrected chi connectivity index (χ1v) is 8.90. The van der Waals surface area contributed by atoms with Gasteiger partial charge in [-0.2, -0.15) is 0 Å². The van der Waals surface area contributed by atoms with Gasteiger partial charge in [-0.25, -0.2) is 0 Å². The minimum atomic E-state index is 0.110. The Morgan fingerprint density at radius 3 is 2.48 bits per heavy atom. The Morgan fingerprint density at radius 2 is 1.88 bits per heavy atom. The van der Waals surface area contributed by atoms with Crippen molar-refractivity contribution in [2.45, 2.75) is 26.7 Å². The molecule has 0 radical (unpaired) electrons. The van der Waals surface area contributed by atoms with Crippen LogP contribution in [0.5, 0.6) is 0 Å². The van der Waals surface area contributed by atoms with Gasteiger partial charge in [0.25, 0.3) is 0 Å². The molecular weight excluding hydrogens is 314 g/mol. The number of aromatic nitrogens is 3. The molecule has 3 heterocycles. The van der Waals surface area contributed by atoms with Crippen LogP contribution in [0.1, 0.15) is 26.7 Å². The number of carbonyl (C=O) groups excluding carboxylic acids is 1. The lowest BCUT2D eigenvalue weighted by atomic mass is 9.95. The summed E-state index contributed by atoms with van der Waals surface area (Å²) in [5.74, 6) is 1.66. The average molecular weight is 339 g/mol. The molecule has 0 saturated carbocycles. The number of amides is 1. The van der Waals surface area contributed by atoms with Crippen molar-refractivity contribution < 1.29 is 4.79 Å². The van der Waals surface area contributed by atoms with Gasteiger partial charge < -0.3 is 10.2 Å². The highest BCUT2D eigenvalue weighted by Gasteiger charge is 2.25. The van der Waals surface area contributed by atoms with Crippen LogP contribution in [0.4, 0.5) is 5.82 Å². The summed E-state index contributed by atoms with van der Waals surface area (Å²) < 4.78 is 0. The van der Waals surface area contributed by atoms with Crippen LogP contribution in [-0.4, -0.2) is 40.7 Å². The molecular formula is C19H25N5O. The van der Waals surface area contributed by atoms with Crippen molar-refractivity contribution >= 4 is 11.7 Å². The number of anilines is 1. The monoisotopic (exact) mass is 339 g/mol. The van der Waals surface area contributed by atoms with Crippen molar-refractivity contribution in [2.24, 2.45) is 11.8 Å². The zero-order valence-electron chi connectivity index (χ0n) is 14.9. The van der Waals surface area contributed by atoms with E-state index in [-0.39, 0.29) is 11.8 Å². The Labute approximate surface area is 148 Å². The molecule has 3 rings (SSSR count). The molecule has 25 heavy (non-hydrogen) atoms. The Morgan fingerprint density at radius 1 is 1.16 bits per heavy atom. The maximum atomic E-state index is 12.2. The number of hydrogen-bond donors (Lipinski definition) is 1. The Kier molecular flexibility index (Phi) is 5.58. The molecule has 6 heteroatoms. The molecule has 1 amide bonds. The fourth-order valence-electron chi connectivity index (χ4n) is 2.99. The Hall–Kier alpha value is -2.50. The van der Waals surface area contributed by atoms with Crippen LogP contribution >= 0.6 is 0 Å². The van der Waals surface area contributed by atoms with Crippen LogP contribution in [0.2, 0.25) is 0 Å². The van der Waals surface area contributed by atoms with Crippen LogP contribution in [0.3, 0.4) is 0 Å². The summed E-state index contributed by atoms with van der Waals surface area (Å²) in [7, 11) is 0. The lowest BCUT2D eigenvalue weighted by Crippen LogP contribution is -2.41. The van der Waals surface area contributed by atoms with E-state index in [0.29, 0.717) is 5.92 Å². The van der Waals surface area contributed by atoms with Gasteiger partial charge in [0.2, 0.25) is 5.91 Å². The summed E-state index contributed by atoms with van der Waals surface area (Å²) in [4.78, 5) is 18.4. The number of nitrogens with one attached hydrogen (secondary N) is 1. The van der Waals surface area contributed by atoms with E-state index in [1.54, 1.807) is 12.4 Å². The van der Waals surface area contributed by atoms with Crippen LogP contribution in [0.15, 0.2) is 36.7 Å². The number of carbonyl (C=O) groups is 1. The topological polar surface area (TPSA) is 71.0 Å². The molecule has 0 aliphatic carbocycles. The lowest BCUT2D eigenvalue weighted by molar-refractivity contribution is -0.125. The molecule has 1 saturated heterocycles. The van der Waals surface area contributed by atoms with Crippen molar-refractivity contribution in [1.29, 1.82) is 0 Å². The summed E-state index contributed by atoms with van der Waals surface area (Å²) in [6, 6.07) is 7.83. The zero-order chi connectivity index (χ0) is 17.6. The molecule has 132 valence electrons. The summed E-state index contributed by atoms with van der Waals surface area (Å²) in [5, 5.41) is 11.7. The summed E-state index contributed by atoms with van der Waals surface area (Å²) in [6.07, 6.45) is 5.22. The van der Waals surface area contributed by atoms with Gasteiger partial charge in [0.05, 0.1) is 5.69 Å². The summed E-state index contributed by atoms with van der Waals surface area (Å²) in [6.45, 7) is 6.64. The minimum absolute atomic E-state index is 0.110. The van der Waals surface area contributed by atoms with Crippen LogP contribution in [0.25, 0.3) is 11.3 Å². The second kappa shape index (κ2) is 8.05. The van der Waals surface area contributed by atoms with Crippen molar-refractivity contribution in [3.63, 3.8) is 0 Å². The SMILES string of the molecule is CC(C)CNC(=O)C1CCN(c2ccc(-c3ccncc3)nn2)CC1.